The molecule has 0 fully saturated rings. The zero-order valence-corrected chi connectivity index (χ0v) is 42.1. The molecule has 0 saturated heterocycles. The van der Waals surface area contributed by atoms with E-state index < -0.39 is 36.3 Å². The maximum absolute atomic E-state index is 9.30. The van der Waals surface area contributed by atoms with Gasteiger partial charge in [0.1, 0.15) is 17.3 Å². The highest BCUT2D eigenvalue weighted by Crippen LogP contribution is 2.40. The summed E-state index contributed by atoms with van der Waals surface area (Å²) in [6.45, 7) is 22.5. The molecule has 0 aliphatic heterocycles. The molecule has 0 N–H and O–H groups in total. The summed E-state index contributed by atoms with van der Waals surface area (Å²) in [5, 5.41) is 1.98. The molecule has 0 radical (unpaired) electrons. The third-order valence-corrected chi connectivity index (χ3v) is 12.6. The van der Waals surface area contributed by atoms with Gasteiger partial charge in [-0.05, 0) is 128 Å². The van der Waals surface area contributed by atoms with Crippen molar-refractivity contribution in [3.8, 4) is 50.9 Å². The third-order valence-electron chi connectivity index (χ3n) is 12.6. The molecule has 70 heavy (non-hydrogen) atoms. The number of benzene rings is 7. The van der Waals surface area contributed by atoms with Crippen molar-refractivity contribution in [3.05, 3.63) is 198 Å². The molecule has 0 atom stereocenters. The molecule has 0 bridgehead atoms. The van der Waals surface area contributed by atoms with Crippen molar-refractivity contribution >= 4 is 32.8 Å². The molecular formula is C65H66N4O. The fraction of sp³-hybridized carbons (Fsp3) is 0.262. The Morgan fingerprint density at radius 2 is 1.31 bits per heavy atom. The van der Waals surface area contributed by atoms with Gasteiger partial charge in [0.2, 0.25) is 0 Å². The van der Waals surface area contributed by atoms with Crippen LogP contribution < -0.4 is 9.30 Å². The van der Waals surface area contributed by atoms with Crippen molar-refractivity contribution in [2.45, 2.75) is 99.7 Å². The lowest BCUT2D eigenvalue weighted by molar-refractivity contribution is -0.571. The highest BCUT2D eigenvalue weighted by Gasteiger charge is 2.25. The first kappa shape index (κ1) is 36.7. The molecule has 0 spiro atoms. The number of fused-ring (bicyclic) bond motifs is 4. The maximum Gasteiger partial charge on any atom is 0.269 e. The van der Waals surface area contributed by atoms with Gasteiger partial charge in [0.15, 0.2) is 0 Å². The third kappa shape index (κ3) is 9.30. The molecule has 0 saturated carbocycles. The van der Waals surface area contributed by atoms with Gasteiger partial charge in [0.05, 0.1) is 40.3 Å². The van der Waals surface area contributed by atoms with E-state index in [1.54, 1.807) is 24.4 Å². The van der Waals surface area contributed by atoms with Crippen LogP contribution in [0, 0.1) is 17.7 Å². The van der Waals surface area contributed by atoms with E-state index in [2.05, 4.69) is 72.1 Å². The standard InChI is InChI=1S/C65H66N4O/c1-43(2)33-44-27-30-58-60(34-44)67(42-68(58)62-53(46-19-13-12-14-20-46)24-18-25-54(62)47-36-48(64(6,7)8)38-49(37-47)65(9,10)11)50-21-17-22-51(39-50)70-52-28-29-56-55-23-15-16-26-57(55)69(59(56)40-52)61-35-45(31-32-66-61)41-63(3,4)5/h12-32,34-40,43H,33,41H2,1-11H3/i12D,13D,14D,19D,20D,33D2,41D2. The first-order valence-corrected chi connectivity index (χ1v) is 24.1. The summed E-state index contributed by atoms with van der Waals surface area (Å²) < 4.78 is 94.0. The molecule has 10 aromatic rings. The number of pyridine rings is 1. The van der Waals surface area contributed by atoms with Crippen molar-refractivity contribution in [3.63, 3.8) is 0 Å². The smallest absolute Gasteiger partial charge is 0.269 e. The van der Waals surface area contributed by atoms with Gasteiger partial charge < -0.3 is 4.74 Å². The summed E-state index contributed by atoms with van der Waals surface area (Å²) in [5.74, 6) is 1.26. The predicted molar refractivity (Wildman–Crippen MR) is 292 cm³/mol. The molecule has 3 aromatic heterocycles. The Bertz CT molecular complexity index is 4000. The van der Waals surface area contributed by atoms with E-state index in [1.807, 2.05) is 139 Å². The lowest BCUT2D eigenvalue weighted by Gasteiger charge is -2.27. The van der Waals surface area contributed by atoms with Crippen LogP contribution in [0.3, 0.4) is 0 Å². The SMILES string of the molecule is [2H]c1c([2H])c([2H])c(-c2cccc(-c3cc(C(C)(C)C)cc(C(C)(C)C)c3)c2-[n+]2[c-]n(-c3cccc(Oc4ccc5c6ccccc6n(-c6cc(C([2H])([2H])C(C)(C)C)ccn6)c5c4)c3)c3cc(C([2H])([2H])C(C)C)ccc32)c([2H])c1[2H]. The van der Waals surface area contributed by atoms with Crippen LogP contribution in [0.4, 0.5) is 0 Å². The lowest BCUT2D eigenvalue weighted by atomic mass is 9.78. The predicted octanol–water partition coefficient (Wildman–Crippen LogP) is 16.7. The van der Waals surface area contributed by atoms with Crippen LogP contribution in [0.25, 0.3) is 72.3 Å². The Morgan fingerprint density at radius 1 is 0.629 bits per heavy atom. The minimum Gasteiger partial charge on any atom is -0.458 e. The van der Waals surface area contributed by atoms with Crippen molar-refractivity contribution in [1.29, 1.82) is 0 Å². The second kappa shape index (κ2) is 17.9. The first-order chi connectivity index (χ1) is 37.0. The summed E-state index contributed by atoms with van der Waals surface area (Å²) in [7, 11) is 0. The number of hydrogen-bond acceptors (Lipinski definition) is 2. The van der Waals surface area contributed by atoms with Crippen LogP contribution in [0.15, 0.2) is 170 Å². The van der Waals surface area contributed by atoms with Crippen molar-refractivity contribution in [2.75, 3.05) is 0 Å². The Labute approximate surface area is 427 Å². The molecule has 5 heteroatoms. The zero-order valence-electron chi connectivity index (χ0n) is 51.1. The molecule has 7 aromatic carbocycles. The van der Waals surface area contributed by atoms with Crippen LogP contribution >= 0.6 is 0 Å². The summed E-state index contributed by atoms with van der Waals surface area (Å²) in [4.78, 5) is 4.79. The van der Waals surface area contributed by atoms with Crippen LogP contribution in [-0.4, -0.2) is 14.1 Å². The lowest BCUT2D eigenvalue weighted by Crippen LogP contribution is -2.31. The Balaban J connectivity index is 1.19. The normalized spacial score (nSPS) is 14.7. The largest absolute Gasteiger partial charge is 0.458 e. The number of aromatic nitrogens is 4. The van der Waals surface area contributed by atoms with Gasteiger partial charge >= 0.3 is 0 Å². The second-order valence-electron chi connectivity index (χ2n) is 21.7. The average Bonchev–Trinajstić information content (AvgIpc) is 4.11. The van der Waals surface area contributed by atoms with Crippen LogP contribution in [0.2, 0.25) is 0 Å². The summed E-state index contributed by atoms with van der Waals surface area (Å²) in [5.41, 5.74) is 8.24. The van der Waals surface area contributed by atoms with E-state index in [1.165, 1.54) is 0 Å². The van der Waals surface area contributed by atoms with E-state index in [4.69, 9.17) is 16.6 Å². The summed E-state index contributed by atoms with van der Waals surface area (Å²) >= 11 is 0. The number of rotatable bonds is 10. The minimum atomic E-state index is -1.72. The van der Waals surface area contributed by atoms with Crippen LogP contribution in [0.5, 0.6) is 11.5 Å². The summed E-state index contributed by atoms with van der Waals surface area (Å²) in [6, 6.07) is 40.9. The van der Waals surface area contributed by atoms with Crippen molar-refractivity contribution < 1.29 is 21.6 Å². The van der Waals surface area contributed by atoms with E-state index in [0.29, 0.717) is 56.4 Å². The van der Waals surface area contributed by atoms with E-state index in [-0.39, 0.29) is 34.4 Å². The molecule has 352 valence electrons. The van der Waals surface area contributed by atoms with Gasteiger partial charge in [-0.25, -0.2) is 4.98 Å². The second-order valence-corrected chi connectivity index (χ2v) is 21.7. The number of hydrogen-bond donors (Lipinski definition) is 0. The molecule has 0 unspecified atom stereocenters. The Morgan fingerprint density at radius 3 is 2.03 bits per heavy atom. The maximum atomic E-state index is 9.30. The van der Waals surface area contributed by atoms with E-state index in [9.17, 15) is 5.48 Å². The van der Waals surface area contributed by atoms with Crippen molar-refractivity contribution in [1.82, 2.24) is 14.1 Å². The van der Waals surface area contributed by atoms with Gasteiger partial charge in [-0.15, -0.1) is 0 Å². The topological polar surface area (TPSA) is 35.9 Å². The summed E-state index contributed by atoms with van der Waals surface area (Å²) in [6.07, 6.45) is 1.96. The highest BCUT2D eigenvalue weighted by atomic mass is 16.5. The fourth-order valence-electron chi connectivity index (χ4n) is 9.28. The fourth-order valence-corrected chi connectivity index (χ4v) is 9.28. The van der Waals surface area contributed by atoms with E-state index >= 15 is 0 Å². The van der Waals surface area contributed by atoms with Gasteiger partial charge in [0.25, 0.3) is 6.33 Å². The molecular weight excluding hydrogens is 853 g/mol. The molecule has 0 aliphatic carbocycles. The Hall–Kier alpha value is -7.24. The van der Waals surface area contributed by atoms with Gasteiger partial charge in [0, 0.05) is 28.5 Å². The number of para-hydroxylation sites is 2. The minimum absolute atomic E-state index is 0.0427. The number of nitrogens with zero attached hydrogens (tertiary/aromatic N) is 4. The van der Waals surface area contributed by atoms with E-state index in [0.717, 1.165) is 44.1 Å². The molecule has 5 nitrogen and oxygen atoms in total. The zero-order chi connectivity index (χ0) is 57.1. The van der Waals surface area contributed by atoms with Gasteiger partial charge in [-0.3, -0.25) is 13.7 Å². The molecule has 3 heterocycles. The van der Waals surface area contributed by atoms with Gasteiger partial charge in [-0.2, -0.15) is 0 Å². The first-order valence-electron chi connectivity index (χ1n) is 28.6. The average molecular weight is 928 g/mol. The highest BCUT2D eigenvalue weighted by molar-refractivity contribution is 6.09. The van der Waals surface area contributed by atoms with Crippen LogP contribution in [-0.2, 0) is 23.6 Å². The van der Waals surface area contributed by atoms with Crippen molar-refractivity contribution in [2.24, 2.45) is 11.3 Å². The van der Waals surface area contributed by atoms with Gasteiger partial charge in [-0.1, -0.05) is 185 Å². The van der Waals surface area contributed by atoms with Crippen LogP contribution in [0.1, 0.15) is 111 Å². The quantitative estimate of drug-likeness (QED) is 0.101. The molecule has 0 amide bonds. The Kier molecular flexibility index (Phi) is 9.40. The number of imidazole rings is 1. The number of ether oxygens (including phenoxy) is 1. The monoisotopic (exact) mass is 928 g/mol. The molecule has 0 aliphatic rings. The molecule has 10 rings (SSSR count).